The summed E-state index contributed by atoms with van der Waals surface area (Å²) in [4.78, 5) is 13.8. The highest BCUT2D eigenvalue weighted by molar-refractivity contribution is 5.92. The van der Waals surface area contributed by atoms with Crippen LogP contribution >= 0.6 is 12.4 Å². The summed E-state index contributed by atoms with van der Waals surface area (Å²) < 4.78 is 0. The first-order valence-electron chi connectivity index (χ1n) is 5.84. The molecule has 3 rings (SSSR count). The largest absolute Gasteiger partial charge is 0.336 e. The Labute approximate surface area is 106 Å². The van der Waals surface area contributed by atoms with Crippen LogP contribution in [0.3, 0.4) is 0 Å². The molecule has 1 aliphatic carbocycles. The van der Waals surface area contributed by atoms with Gasteiger partial charge in [0.1, 0.15) is 5.69 Å². The molecule has 1 aromatic rings. The summed E-state index contributed by atoms with van der Waals surface area (Å²) in [5.74, 6) is 0.617. The highest BCUT2D eigenvalue weighted by atomic mass is 35.5. The number of halogens is 1. The van der Waals surface area contributed by atoms with Gasteiger partial charge in [-0.3, -0.25) is 9.89 Å². The molecule has 0 unspecified atom stereocenters. The van der Waals surface area contributed by atoms with E-state index in [-0.39, 0.29) is 24.4 Å². The van der Waals surface area contributed by atoms with Gasteiger partial charge in [0.15, 0.2) is 0 Å². The van der Waals surface area contributed by atoms with E-state index in [1.54, 1.807) is 4.90 Å². The first-order valence-corrected chi connectivity index (χ1v) is 5.84. The summed E-state index contributed by atoms with van der Waals surface area (Å²) in [6.45, 7) is 1.41. The molecule has 1 atom stereocenters. The molecule has 94 valence electrons. The van der Waals surface area contributed by atoms with Crippen molar-refractivity contribution in [2.75, 3.05) is 13.1 Å². The predicted octanol–water partition coefficient (Wildman–Crippen LogP) is 0.882. The van der Waals surface area contributed by atoms with Gasteiger partial charge in [-0.1, -0.05) is 0 Å². The molecular weight excluding hydrogens is 240 g/mol. The quantitative estimate of drug-likeness (QED) is 0.825. The summed E-state index contributed by atoms with van der Waals surface area (Å²) in [7, 11) is 0. The zero-order valence-electron chi connectivity index (χ0n) is 9.56. The summed E-state index contributed by atoms with van der Waals surface area (Å²) in [6.07, 6.45) is 3.32. The Morgan fingerprint density at radius 2 is 2.24 bits per heavy atom. The van der Waals surface area contributed by atoms with Crippen molar-refractivity contribution in [2.45, 2.75) is 31.2 Å². The number of likely N-dealkylation sites (tertiary alicyclic amines) is 1. The van der Waals surface area contributed by atoms with Crippen LogP contribution in [0.25, 0.3) is 0 Å². The van der Waals surface area contributed by atoms with Crippen LogP contribution in [0.1, 0.15) is 41.4 Å². The Morgan fingerprint density at radius 3 is 2.82 bits per heavy atom. The average molecular weight is 257 g/mol. The smallest absolute Gasteiger partial charge is 0.274 e. The number of aromatic nitrogens is 2. The van der Waals surface area contributed by atoms with E-state index in [4.69, 9.17) is 5.73 Å². The van der Waals surface area contributed by atoms with Crippen LogP contribution in [0.2, 0.25) is 0 Å². The topological polar surface area (TPSA) is 75.0 Å². The van der Waals surface area contributed by atoms with Gasteiger partial charge >= 0.3 is 0 Å². The molecular formula is C11H17ClN4O. The summed E-state index contributed by atoms with van der Waals surface area (Å²) in [5.41, 5.74) is 7.42. The second kappa shape index (κ2) is 4.66. The van der Waals surface area contributed by atoms with Crippen molar-refractivity contribution in [2.24, 2.45) is 5.73 Å². The third-order valence-corrected chi connectivity index (χ3v) is 3.35. The molecule has 1 saturated carbocycles. The van der Waals surface area contributed by atoms with Crippen molar-refractivity contribution in [1.82, 2.24) is 15.1 Å². The number of amides is 1. The molecule has 0 spiro atoms. The number of aromatic amines is 1. The van der Waals surface area contributed by atoms with Gasteiger partial charge in [-0.05, 0) is 25.3 Å². The first-order chi connectivity index (χ1) is 7.74. The van der Waals surface area contributed by atoms with E-state index < -0.39 is 0 Å². The molecule has 2 heterocycles. The number of nitrogens with zero attached hydrogens (tertiary/aromatic N) is 2. The highest BCUT2D eigenvalue weighted by Crippen LogP contribution is 2.39. The fourth-order valence-electron chi connectivity index (χ4n) is 2.18. The number of carbonyl (C=O) groups excluding carboxylic acids is 1. The van der Waals surface area contributed by atoms with Crippen LogP contribution < -0.4 is 5.73 Å². The van der Waals surface area contributed by atoms with Crippen LogP contribution in [0, 0.1) is 0 Å². The van der Waals surface area contributed by atoms with Gasteiger partial charge in [0, 0.05) is 30.7 Å². The lowest BCUT2D eigenvalue weighted by molar-refractivity contribution is 0.0785. The molecule has 1 amide bonds. The highest BCUT2D eigenvalue weighted by Gasteiger charge is 2.29. The van der Waals surface area contributed by atoms with Gasteiger partial charge in [-0.15, -0.1) is 12.4 Å². The normalized spacial score (nSPS) is 23.6. The van der Waals surface area contributed by atoms with Gasteiger partial charge in [0.25, 0.3) is 5.91 Å². The monoisotopic (exact) mass is 256 g/mol. The van der Waals surface area contributed by atoms with Crippen molar-refractivity contribution in [1.29, 1.82) is 0 Å². The number of rotatable bonds is 2. The maximum absolute atomic E-state index is 12.0. The second-order valence-corrected chi connectivity index (χ2v) is 4.78. The summed E-state index contributed by atoms with van der Waals surface area (Å²) in [6, 6.07) is 2.02. The summed E-state index contributed by atoms with van der Waals surface area (Å²) in [5, 5.41) is 7.04. The molecule has 0 bridgehead atoms. The van der Waals surface area contributed by atoms with Crippen molar-refractivity contribution in [3.8, 4) is 0 Å². The number of H-pyrrole nitrogens is 1. The molecule has 17 heavy (non-hydrogen) atoms. The standard InChI is InChI=1S/C11H16N4O.ClH/c12-8-3-4-15(6-8)11(16)10-5-9(13-14-10)7-1-2-7;/h5,7-8H,1-4,6,12H2,(H,13,14);1H/t8-;/m1./s1. The second-order valence-electron chi connectivity index (χ2n) is 4.78. The maximum atomic E-state index is 12.0. The zero-order valence-corrected chi connectivity index (χ0v) is 10.4. The Bertz CT molecular complexity index is 415. The molecule has 1 saturated heterocycles. The van der Waals surface area contributed by atoms with E-state index >= 15 is 0 Å². The minimum atomic E-state index is 0. The first kappa shape index (κ1) is 12.4. The van der Waals surface area contributed by atoms with Gasteiger partial charge < -0.3 is 10.6 Å². The van der Waals surface area contributed by atoms with Gasteiger partial charge in [-0.2, -0.15) is 5.10 Å². The third kappa shape index (κ3) is 2.45. The molecule has 2 fully saturated rings. The minimum absolute atomic E-state index is 0. The van der Waals surface area contributed by atoms with Gasteiger partial charge in [0.2, 0.25) is 0 Å². The lowest BCUT2D eigenvalue weighted by Gasteiger charge is -2.13. The minimum Gasteiger partial charge on any atom is -0.336 e. The molecule has 5 nitrogen and oxygen atoms in total. The zero-order chi connectivity index (χ0) is 11.1. The number of hydrogen-bond donors (Lipinski definition) is 2. The van der Waals surface area contributed by atoms with Crippen LogP contribution in [-0.4, -0.2) is 40.1 Å². The van der Waals surface area contributed by atoms with E-state index in [2.05, 4.69) is 10.2 Å². The molecule has 1 aromatic heterocycles. The van der Waals surface area contributed by atoms with Crippen molar-refractivity contribution in [3.05, 3.63) is 17.5 Å². The molecule has 6 heteroatoms. The van der Waals surface area contributed by atoms with E-state index in [9.17, 15) is 4.79 Å². The molecule has 3 N–H and O–H groups in total. The van der Waals surface area contributed by atoms with Crippen LogP contribution in [-0.2, 0) is 0 Å². The predicted molar refractivity (Wildman–Crippen MR) is 66.3 cm³/mol. The molecule has 1 aliphatic heterocycles. The van der Waals surface area contributed by atoms with E-state index in [0.717, 1.165) is 18.7 Å². The molecule has 0 aromatic carbocycles. The van der Waals surface area contributed by atoms with Crippen LogP contribution in [0.4, 0.5) is 0 Å². The van der Waals surface area contributed by atoms with Crippen molar-refractivity contribution < 1.29 is 4.79 Å². The Morgan fingerprint density at radius 1 is 1.47 bits per heavy atom. The van der Waals surface area contributed by atoms with Crippen LogP contribution in [0.15, 0.2) is 6.07 Å². The number of hydrogen-bond acceptors (Lipinski definition) is 3. The fraction of sp³-hybridized carbons (Fsp3) is 0.636. The molecule has 2 aliphatic rings. The Hall–Kier alpha value is -1.07. The molecule has 0 radical (unpaired) electrons. The van der Waals surface area contributed by atoms with Crippen molar-refractivity contribution in [3.63, 3.8) is 0 Å². The van der Waals surface area contributed by atoms with Gasteiger partial charge in [0.05, 0.1) is 0 Å². The summed E-state index contributed by atoms with van der Waals surface area (Å²) >= 11 is 0. The van der Waals surface area contributed by atoms with E-state index in [0.29, 0.717) is 18.2 Å². The van der Waals surface area contributed by atoms with Gasteiger partial charge in [-0.25, -0.2) is 0 Å². The lowest BCUT2D eigenvalue weighted by Crippen LogP contribution is -2.32. The number of nitrogens with one attached hydrogen (secondary N) is 1. The maximum Gasteiger partial charge on any atom is 0.274 e. The van der Waals surface area contributed by atoms with Crippen LogP contribution in [0.5, 0.6) is 0 Å². The third-order valence-electron chi connectivity index (χ3n) is 3.35. The number of nitrogens with two attached hydrogens (primary N) is 1. The fourth-order valence-corrected chi connectivity index (χ4v) is 2.18. The SMILES string of the molecule is Cl.N[C@@H]1CCN(C(=O)c2cc(C3CC3)[nH]n2)C1. The lowest BCUT2D eigenvalue weighted by atomic mass is 10.2. The Balaban J connectivity index is 0.00000108. The van der Waals surface area contributed by atoms with E-state index in [1.807, 2.05) is 6.07 Å². The van der Waals surface area contributed by atoms with Crippen molar-refractivity contribution >= 4 is 18.3 Å². The average Bonchev–Trinajstić information content (AvgIpc) is 2.86. The Kier molecular flexibility index (Phi) is 3.40. The number of carbonyl (C=O) groups is 1. The van der Waals surface area contributed by atoms with E-state index in [1.165, 1.54) is 12.8 Å².